The van der Waals surface area contributed by atoms with Crippen LogP contribution in [0.5, 0.6) is 0 Å². The number of nitrogens with zero attached hydrogens (tertiary/aromatic N) is 3. The van der Waals surface area contributed by atoms with Gasteiger partial charge in [-0.2, -0.15) is 47.0 Å². The van der Waals surface area contributed by atoms with Crippen molar-refractivity contribution in [3.63, 3.8) is 0 Å². The van der Waals surface area contributed by atoms with Gasteiger partial charge in [0.25, 0.3) is 0 Å². The van der Waals surface area contributed by atoms with Gasteiger partial charge in [0.15, 0.2) is 0 Å². The Morgan fingerprint density at radius 3 is 0.677 bits per heavy atom. The molecule has 0 heterocycles. The molecule has 19 nitrogen and oxygen atoms in total. The van der Waals surface area contributed by atoms with Crippen LogP contribution in [-0.2, 0) is 76.3 Å². The zero-order valence-electron chi connectivity index (χ0n) is 79.0. The first kappa shape index (κ1) is 124. The third-order valence-electron chi connectivity index (χ3n) is 20.6. The molecule has 0 fully saturated rings. The van der Waals surface area contributed by atoms with Crippen LogP contribution in [0.3, 0.4) is 0 Å². The number of esters is 8. The fraction of sp³-hybridized carbons (Fsp3) is 0.914. The SMILES string of the molecule is CCCCCCCCCCSCCC(C)C(=O)OCCSSCCOC(=O)CCN(CCCN(C)CCCN(CCC(=O)OCCSSCCOC(=O)C(C)CSCCCCCCCCCC)CCC(=O)OCCSSCCOC(=O)C(C)CSCCCCCCCCCC)CCC(=O)OCCSSCCOC(=O)C(C)CCSCCCCCCCCCC. The number of hydrogen-bond acceptors (Lipinski definition) is 31. The summed E-state index contributed by atoms with van der Waals surface area (Å²) in [6.45, 7) is 23.6. The molecule has 730 valence electrons. The van der Waals surface area contributed by atoms with E-state index in [9.17, 15) is 38.4 Å². The van der Waals surface area contributed by atoms with Crippen molar-refractivity contribution in [3.05, 3.63) is 0 Å². The predicted molar refractivity (Wildman–Crippen MR) is 551 cm³/mol. The molecular weight excluding hydrogens is 1800 g/mol. The molecule has 0 aliphatic heterocycles. The van der Waals surface area contributed by atoms with Crippen LogP contribution in [0.25, 0.3) is 0 Å². The number of unbranched alkanes of at least 4 members (excludes halogenated alkanes) is 28. The zero-order chi connectivity index (χ0) is 90.7. The second-order valence-electron chi connectivity index (χ2n) is 32.3. The fourth-order valence-electron chi connectivity index (χ4n) is 12.7. The first-order valence-electron chi connectivity index (χ1n) is 48.2. The lowest BCUT2D eigenvalue weighted by Gasteiger charge is -2.25. The Kier molecular flexibility index (Phi) is 97.3. The molecule has 4 atom stereocenters. The predicted octanol–water partition coefficient (Wildman–Crippen LogP) is 24.6. The molecule has 0 saturated carbocycles. The van der Waals surface area contributed by atoms with E-state index in [1.54, 1.807) is 86.4 Å². The minimum Gasteiger partial charge on any atom is -0.465 e. The average molecular weight is 1980 g/mol. The van der Waals surface area contributed by atoms with E-state index >= 15 is 0 Å². The van der Waals surface area contributed by atoms with Gasteiger partial charge in [0.1, 0.15) is 52.9 Å². The van der Waals surface area contributed by atoms with Gasteiger partial charge >= 0.3 is 47.8 Å². The van der Waals surface area contributed by atoms with Crippen molar-refractivity contribution >= 4 is 181 Å². The van der Waals surface area contributed by atoms with Crippen LogP contribution in [0.2, 0.25) is 0 Å². The quantitative estimate of drug-likeness (QED) is 0.0239. The van der Waals surface area contributed by atoms with E-state index in [4.69, 9.17) is 37.9 Å². The molecule has 0 saturated heterocycles. The highest BCUT2D eigenvalue weighted by Gasteiger charge is 2.21. The maximum absolute atomic E-state index is 13.2. The summed E-state index contributed by atoms with van der Waals surface area (Å²) in [4.78, 5) is 110. The third kappa shape index (κ3) is 88.4. The molecule has 0 aliphatic rings. The van der Waals surface area contributed by atoms with Crippen molar-refractivity contribution in [1.29, 1.82) is 0 Å². The summed E-state index contributed by atoms with van der Waals surface area (Å²) in [7, 11) is 14.8. The van der Waals surface area contributed by atoms with E-state index in [2.05, 4.69) is 49.4 Å². The maximum Gasteiger partial charge on any atom is 0.309 e. The molecular formula is C93H175N3O16S12. The number of hydrogen-bond donors (Lipinski definition) is 0. The number of ether oxygens (including phenoxy) is 8. The van der Waals surface area contributed by atoms with Crippen molar-refractivity contribution in [3.8, 4) is 0 Å². The highest BCUT2D eigenvalue weighted by atomic mass is 33.1. The van der Waals surface area contributed by atoms with E-state index in [0.29, 0.717) is 112 Å². The summed E-state index contributed by atoms with van der Waals surface area (Å²) >= 11 is 7.55. The maximum atomic E-state index is 13.2. The van der Waals surface area contributed by atoms with Gasteiger partial charge in [0.2, 0.25) is 0 Å². The van der Waals surface area contributed by atoms with Crippen LogP contribution in [0, 0.1) is 23.7 Å². The summed E-state index contributed by atoms with van der Waals surface area (Å²) in [5, 5.41) is 0. The molecule has 0 bridgehead atoms. The van der Waals surface area contributed by atoms with Gasteiger partial charge in [-0.1, -0.05) is 322 Å². The zero-order valence-corrected chi connectivity index (χ0v) is 88.8. The van der Waals surface area contributed by atoms with Gasteiger partial charge in [-0.3, -0.25) is 38.4 Å². The molecule has 0 aromatic rings. The summed E-state index contributed by atoms with van der Waals surface area (Å²) in [5.41, 5.74) is 0. The van der Waals surface area contributed by atoms with E-state index in [0.717, 1.165) is 84.8 Å². The van der Waals surface area contributed by atoms with Crippen molar-refractivity contribution in [2.45, 2.75) is 312 Å². The molecule has 0 aromatic heterocycles. The van der Waals surface area contributed by atoms with Crippen LogP contribution >= 0.6 is 133 Å². The van der Waals surface area contributed by atoms with E-state index in [1.807, 2.05) is 74.7 Å². The van der Waals surface area contributed by atoms with Gasteiger partial charge in [0, 0.05) is 83.7 Å². The van der Waals surface area contributed by atoms with E-state index in [-0.39, 0.29) is 124 Å². The molecule has 0 aliphatic carbocycles. The third-order valence-corrected chi connectivity index (χ3v) is 34.7. The Bertz CT molecular complexity index is 2310. The van der Waals surface area contributed by atoms with Crippen molar-refractivity contribution in [2.75, 3.05) is 204 Å². The molecule has 0 radical (unpaired) electrons. The molecule has 0 spiro atoms. The lowest BCUT2D eigenvalue weighted by molar-refractivity contribution is -0.148. The largest absolute Gasteiger partial charge is 0.465 e. The Labute approximate surface area is 805 Å². The van der Waals surface area contributed by atoms with Crippen LogP contribution in [0.15, 0.2) is 0 Å². The Hall–Kier alpha value is -0.160. The minimum absolute atomic E-state index is 0.123. The van der Waals surface area contributed by atoms with E-state index in [1.165, 1.54) is 205 Å². The highest BCUT2D eigenvalue weighted by Crippen LogP contribution is 2.27. The molecule has 0 aromatic carbocycles. The summed E-state index contributed by atoms with van der Waals surface area (Å²) in [6.07, 6.45) is 45.6. The molecule has 0 N–H and O–H groups in total. The standard InChI is InChI=1S/C93H175N3O16S12/c1-10-14-18-22-26-30-34-38-66-113-70-48-82(5)90(101)109-62-76-121-117-72-58-105-86(97)44-54-95(55-45-87(98)106-59-73-118-122-77-63-110-91(102)83(6)49-71-114-67-39-35-31-27-23-19-15-11-2)52-42-50-94(9)51-43-53-96(56-46-88(99)107-60-74-119-123-78-64-111-92(103)84(7)80-115-68-40-36-32-28-24-20-16-12-3)57-47-89(100)108-61-75-120-124-79-65-112-93(104)85(8)81-116-69-41-37-33-29-25-21-17-13-4/h82-85H,10-81H2,1-9H3. The van der Waals surface area contributed by atoms with Gasteiger partial charge in [-0.05, 0) is 119 Å². The first-order valence-corrected chi connectivity index (χ1v) is 62.7. The Balaban J connectivity index is 5.44. The number of thioether (sulfide) groups is 4. The second kappa shape index (κ2) is 97.4. The monoisotopic (exact) mass is 1970 g/mol. The van der Waals surface area contributed by atoms with E-state index < -0.39 is 0 Å². The van der Waals surface area contributed by atoms with Gasteiger partial charge in [-0.25, -0.2) is 0 Å². The van der Waals surface area contributed by atoms with Crippen LogP contribution in [0.4, 0.5) is 0 Å². The first-order chi connectivity index (χ1) is 60.5. The van der Waals surface area contributed by atoms with Gasteiger partial charge < -0.3 is 52.6 Å². The normalized spacial score (nSPS) is 12.5. The molecule has 4 unspecified atom stereocenters. The summed E-state index contributed by atoms with van der Waals surface area (Å²) < 4.78 is 44.9. The van der Waals surface area contributed by atoms with Gasteiger partial charge in [-0.15, -0.1) is 0 Å². The fourth-order valence-corrected chi connectivity index (χ4v) is 23.7. The van der Waals surface area contributed by atoms with Gasteiger partial charge in [0.05, 0.1) is 49.4 Å². The molecule has 0 amide bonds. The van der Waals surface area contributed by atoms with Crippen molar-refractivity contribution < 1.29 is 76.3 Å². The highest BCUT2D eigenvalue weighted by molar-refractivity contribution is 8.77. The lowest BCUT2D eigenvalue weighted by atomic mass is 10.1. The summed E-state index contributed by atoms with van der Waals surface area (Å²) in [5.74, 6) is 10.6. The second-order valence-corrected chi connectivity index (χ2v) is 47.8. The van der Waals surface area contributed by atoms with Crippen molar-refractivity contribution in [1.82, 2.24) is 14.7 Å². The molecule has 124 heavy (non-hydrogen) atoms. The topological polar surface area (TPSA) is 220 Å². The molecule has 0 rings (SSSR count). The Morgan fingerprint density at radius 1 is 0.226 bits per heavy atom. The number of rotatable bonds is 98. The number of carbonyl (C=O) groups is 8. The summed E-state index contributed by atoms with van der Waals surface area (Å²) in [6, 6.07) is 0. The smallest absolute Gasteiger partial charge is 0.309 e. The lowest BCUT2D eigenvalue weighted by Crippen LogP contribution is -2.34. The number of carbonyl (C=O) groups excluding carboxylic acids is 8. The van der Waals surface area contributed by atoms with Crippen molar-refractivity contribution in [2.24, 2.45) is 23.7 Å². The van der Waals surface area contributed by atoms with Crippen LogP contribution in [-0.4, -0.2) is 267 Å². The Morgan fingerprint density at radius 2 is 0.435 bits per heavy atom. The van der Waals surface area contributed by atoms with Crippen LogP contribution in [0.1, 0.15) is 312 Å². The minimum atomic E-state index is -0.309. The molecule has 31 heteroatoms. The average Bonchev–Trinajstić information content (AvgIpc) is 1.00. The van der Waals surface area contributed by atoms with Crippen LogP contribution < -0.4 is 0 Å².